The van der Waals surface area contributed by atoms with Crippen molar-refractivity contribution in [2.75, 3.05) is 26.4 Å². The average molecular weight is 333 g/mol. The van der Waals surface area contributed by atoms with Crippen molar-refractivity contribution in [2.45, 2.75) is 18.1 Å². The lowest BCUT2D eigenvalue weighted by Crippen LogP contribution is -2.38. The number of rotatable bonds is 7. The fourth-order valence-electron chi connectivity index (χ4n) is 2.25. The van der Waals surface area contributed by atoms with Crippen LogP contribution in [0.5, 0.6) is 0 Å². The SMILES string of the molecule is Cc1ccc([C@@H](C(=O)NCCSc2nncn2C)N(C)C)cc1. The normalized spacial score (nSPS) is 12.4. The molecule has 0 unspecified atom stereocenters. The standard InChI is InChI=1S/C16H23N5OS/c1-12-5-7-13(8-6-12)14(20(2)3)15(22)17-9-10-23-16-19-18-11-21(16)4/h5-8,11,14H,9-10H2,1-4H3,(H,17,22)/t14-/m0/s1. The second-order valence-corrected chi connectivity index (χ2v) is 6.70. The molecule has 0 fully saturated rings. The molecular weight excluding hydrogens is 310 g/mol. The van der Waals surface area contributed by atoms with E-state index < -0.39 is 0 Å². The number of carbonyl (C=O) groups is 1. The summed E-state index contributed by atoms with van der Waals surface area (Å²) >= 11 is 1.57. The maximum Gasteiger partial charge on any atom is 0.241 e. The predicted octanol–water partition coefficient (Wildman–Crippen LogP) is 1.63. The van der Waals surface area contributed by atoms with Gasteiger partial charge in [0.15, 0.2) is 5.16 Å². The van der Waals surface area contributed by atoms with E-state index in [1.807, 2.05) is 61.8 Å². The Kier molecular flexibility index (Phi) is 6.18. The molecule has 0 aliphatic rings. The highest BCUT2D eigenvalue weighted by atomic mass is 32.2. The Morgan fingerprint density at radius 3 is 2.61 bits per heavy atom. The van der Waals surface area contributed by atoms with Crippen molar-refractivity contribution in [1.82, 2.24) is 25.0 Å². The van der Waals surface area contributed by atoms with Crippen molar-refractivity contribution in [3.63, 3.8) is 0 Å². The van der Waals surface area contributed by atoms with Crippen LogP contribution < -0.4 is 5.32 Å². The Hall–Kier alpha value is -1.86. The molecule has 7 heteroatoms. The molecule has 1 amide bonds. The van der Waals surface area contributed by atoms with Crippen LogP contribution in [0, 0.1) is 6.92 Å². The Balaban J connectivity index is 1.89. The predicted molar refractivity (Wildman–Crippen MR) is 92.3 cm³/mol. The summed E-state index contributed by atoms with van der Waals surface area (Å²) in [6.45, 7) is 2.63. The molecule has 0 aliphatic heterocycles. The highest BCUT2D eigenvalue weighted by Gasteiger charge is 2.22. The van der Waals surface area contributed by atoms with Crippen molar-refractivity contribution < 1.29 is 4.79 Å². The largest absolute Gasteiger partial charge is 0.354 e. The number of aromatic nitrogens is 3. The summed E-state index contributed by atoms with van der Waals surface area (Å²) in [4.78, 5) is 14.4. The van der Waals surface area contributed by atoms with Gasteiger partial charge in [-0.3, -0.25) is 9.69 Å². The summed E-state index contributed by atoms with van der Waals surface area (Å²) in [6.07, 6.45) is 1.67. The van der Waals surface area contributed by atoms with Gasteiger partial charge in [-0.05, 0) is 26.6 Å². The number of likely N-dealkylation sites (N-methyl/N-ethyl adjacent to an activating group) is 1. The number of benzene rings is 1. The minimum Gasteiger partial charge on any atom is -0.354 e. The zero-order chi connectivity index (χ0) is 16.8. The molecule has 2 aromatic rings. The van der Waals surface area contributed by atoms with Crippen LogP contribution in [0.1, 0.15) is 17.2 Å². The summed E-state index contributed by atoms with van der Waals surface area (Å²) in [5.41, 5.74) is 2.19. The molecule has 0 aliphatic carbocycles. The van der Waals surface area contributed by atoms with Crippen molar-refractivity contribution in [3.05, 3.63) is 41.7 Å². The highest BCUT2D eigenvalue weighted by molar-refractivity contribution is 7.99. The van der Waals surface area contributed by atoms with Gasteiger partial charge < -0.3 is 9.88 Å². The zero-order valence-electron chi connectivity index (χ0n) is 14.0. The van der Waals surface area contributed by atoms with E-state index >= 15 is 0 Å². The van der Waals surface area contributed by atoms with Crippen LogP contribution in [0.3, 0.4) is 0 Å². The van der Waals surface area contributed by atoms with Crippen LogP contribution in [0.2, 0.25) is 0 Å². The first kappa shape index (κ1) is 17.5. The first-order chi connectivity index (χ1) is 11.0. The van der Waals surface area contributed by atoms with Crippen LogP contribution in [0.25, 0.3) is 0 Å². The Labute approximate surface area is 141 Å². The van der Waals surface area contributed by atoms with E-state index in [0.717, 1.165) is 16.5 Å². The first-order valence-electron chi connectivity index (χ1n) is 7.46. The van der Waals surface area contributed by atoms with Gasteiger partial charge in [0.1, 0.15) is 12.4 Å². The minimum absolute atomic E-state index is 0.0115. The lowest BCUT2D eigenvalue weighted by Gasteiger charge is -2.24. The molecule has 0 saturated heterocycles. The number of hydrogen-bond acceptors (Lipinski definition) is 5. The summed E-state index contributed by atoms with van der Waals surface area (Å²) in [6, 6.07) is 7.80. The van der Waals surface area contributed by atoms with E-state index in [-0.39, 0.29) is 11.9 Å². The van der Waals surface area contributed by atoms with Crippen molar-refractivity contribution in [1.29, 1.82) is 0 Å². The molecule has 0 spiro atoms. The van der Waals surface area contributed by atoms with Gasteiger partial charge in [-0.2, -0.15) is 0 Å². The Bertz CT molecular complexity index is 638. The maximum absolute atomic E-state index is 12.5. The quantitative estimate of drug-likeness (QED) is 0.616. The van der Waals surface area contributed by atoms with Crippen molar-refractivity contribution in [3.8, 4) is 0 Å². The monoisotopic (exact) mass is 333 g/mol. The van der Waals surface area contributed by atoms with Gasteiger partial charge >= 0.3 is 0 Å². The van der Waals surface area contributed by atoms with Gasteiger partial charge in [-0.15, -0.1) is 10.2 Å². The molecule has 1 N–H and O–H groups in total. The minimum atomic E-state index is -0.282. The highest BCUT2D eigenvalue weighted by Crippen LogP contribution is 2.19. The number of thioether (sulfide) groups is 1. The lowest BCUT2D eigenvalue weighted by molar-refractivity contribution is -0.125. The van der Waals surface area contributed by atoms with Crippen LogP contribution in [0.4, 0.5) is 0 Å². The van der Waals surface area contributed by atoms with Gasteiger partial charge in [0.25, 0.3) is 0 Å². The number of nitrogens with zero attached hydrogens (tertiary/aromatic N) is 4. The molecule has 1 aromatic heterocycles. The van der Waals surface area contributed by atoms with Crippen LogP contribution >= 0.6 is 11.8 Å². The summed E-state index contributed by atoms with van der Waals surface area (Å²) in [5, 5.41) is 11.7. The molecule has 2 rings (SSSR count). The van der Waals surface area contributed by atoms with Gasteiger partial charge in [-0.25, -0.2) is 0 Å². The molecule has 124 valence electrons. The van der Waals surface area contributed by atoms with E-state index in [2.05, 4.69) is 15.5 Å². The molecule has 1 aromatic carbocycles. The smallest absolute Gasteiger partial charge is 0.241 e. The third kappa shape index (κ3) is 4.80. The molecule has 0 bridgehead atoms. The number of aryl methyl sites for hydroxylation is 2. The molecular formula is C16H23N5OS. The number of carbonyl (C=O) groups excluding carboxylic acids is 1. The van der Waals surface area contributed by atoms with Crippen molar-refractivity contribution >= 4 is 17.7 Å². The van der Waals surface area contributed by atoms with E-state index in [4.69, 9.17) is 0 Å². The first-order valence-corrected chi connectivity index (χ1v) is 8.45. The van der Waals surface area contributed by atoms with E-state index in [0.29, 0.717) is 6.54 Å². The third-order valence-electron chi connectivity index (χ3n) is 3.46. The summed E-state index contributed by atoms with van der Waals surface area (Å²) in [5.74, 6) is 0.768. The maximum atomic E-state index is 12.5. The van der Waals surface area contributed by atoms with Gasteiger partial charge in [0.2, 0.25) is 5.91 Å². The number of nitrogens with one attached hydrogen (secondary N) is 1. The fourth-order valence-corrected chi connectivity index (χ4v) is 2.99. The lowest BCUT2D eigenvalue weighted by atomic mass is 10.0. The molecule has 1 atom stereocenters. The Morgan fingerprint density at radius 1 is 1.35 bits per heavy atom. The van der Waals surface area contributed by atoms with E-state index in [1.54, 1.807) is 18.1 Å². The second kappa shape index (κ2) is 8.12. The van der Waals surface area contributed by atoms with Crippen LogP contribution in [-0.2, 0) is 11.8 Å². The molecule has 0 radical (unpaired) electrons. The number of hydrogen-bond donors (Lipinski definition) is 1. The topological polar surface area (TPSA) is 63.1 Å². The molecule has 0 saturated carbocycles. The third-order valence-corrected chi connectivity index (χ3v) is 4.50. The second-order valence-electron chi connectivity index (χ2n) is 5.64. The van der Waals surface area contributed by atoms with Gasteiger partial charge in [-0.1, -0.05) is 41.6 Å². The molecule has 1 heterocycles. The van der Waals surface area contributed by atoms with Crippen LogP contribution in [-0.4, -0.2) is 52.0 Å². The number of amides is 1. The fraction of sp³-hybridized carbons (Fsp3) is 0.438. The summed E-state index contributed by atoms with van der Waals surface area (Å²) in [7, 11) is 5.73. The molecule has 23 heavy (non-hydrogen) atoms. The Morgan fingerprint density at radius 2 is 2.04 bits per heavy atom. The van der Waals surface area contributed by atoms with Crippen molar-refractivity contribution in [2.24, 2.45) is 7.05 Å². The average Bonchev–Trinajstić information content (AvgIpc) is 2.91. The van der Waals surface area contributed by atoms with Gasteiger partial charge in [0.05, 0.1) is 0 Å². The molecule has 6 nitrogen and oxygen atoms in total. The van der Waals surface area contributed by atoms with E-state index in [9.17, 15) is 4.79 Å². The zero-order valence-corrected chi connectivity index (χ0v) is 14.8. The van der Waals surface area contributed by atoms with E-state index in [1.165, 1.54) is 5.56 Å². The van der Waals surface area contributed by atoms with Crippen LogP contribution in [0.15, 0.2) is 35.7 Å². The summed E-state index contributed by atoms with van der Waals surface area (Å²) < 4.78 is 1.86. The van der Waals surface area contributed by atoms with Gasteiger partial charge in [0, 0.05) is 19.3 Å².